The maximum atomic E-state index is 12.9. The second-order valence-corrected chi connectivity index (χ2v) is 14.9. The van der Waals surface area contributed by atoms with Crippen LogP contribution in [0.25, 0.3) is 10.4 Å². The van der Waals surface area contributed by atoms with E-state index in [1.165, 1.54) is 0 Å². The molecule has 0 radical (unpaired) electrons. The summed E-state index contributed by atoms with van der Waals surface area (Å²) in [6.07, 6.45) is 14.2. The molecular weight excluding hydrogens is 718 g/mol. The van der Waals surface area contributed by atoms with Gasteiger partial charge in [-0.2, -0.15) is 0 Å². The Balaban J connectivity index is 1.33. The van der Waals surface area contributed by atoms with E-state index in [9.17, 15) is 14.4 Å². The van der Waals surface area contributed by atoms with Gasteiger partial charge in [0.05, 0.1) is 52.7 Å². The van der Waals surface area contributed by atoms with E-state index in [2.05, 4.69) is 32.1 Å². The van der Waals surface area contributed by atoms with E-state index < -0.39 is 5.60 Å². The SMILES string of the molecule is CCOC(=O)C[C@H](CCCCCCc1ccc2c(n1)N(C(=O)OC(C)(C)C)CCC2)c1cnc(CCCCC(=O)CCOCCOCCOCCN=[N+]=[N-])nc1. The third-order valence-corrected chi connectivity index (χ3v) is 9.14. The van der Waals surface area contributed by atoms with E-state index >= 15 is 0 Å². The number of carbonyl (C=O) groups is 3. The van der Waals surface area contributed by atoms with Crippen molar-refractivity contribution >= 4 is 23.7 Å². The quantitative estimate of drug-likeness (QED) is 0.0269. The van der Waals surface area contributed by atoms with Crippen LogP contribution in [0.2, 0.25) is 0 Å². The Kier molecular flexibility index (Phi) is 22.0. The minimum absolute atomic E-state index is 0.0221. The van der Waals surface area contributed by atoms with Crippen LogP contribution in [0.4, 0.5) is 10.6 Å². The molecule has 1 atom stereocenters. The molecule has 0 spiro atoms. The van der Waals surface area contributed by atoms with Crippen LogP contribution in [-0.2, 0) is 52.5 Å². The molecule has 0 saturated carbocycles. The van der Waals surface area contributed by atoms with E-state index in [1.807, 2.05) is 40.1 Å². The lowest BCUT2D eigenvalue weighted by atomic mass is 9.92. The van der Waals surface area contributed by atoms with Gasteiger partial charge in [-0.15, -0.1) is 0 Å². The highest BCUT2D eigenvalue weighted by Gasteiger charge is 2.28. The van der Waals surface area contributed by atoms with Crippen molar-refractivity contribution in [3.63, 3.8) is 0 Å². The molecule has 0 N–H and O–H groups in total. The average molecular weight is 782 g/mol. The second kappa shape index (κ2) is 26.6. The second-order valence-electron chi connectivity index (χ2n) is 14.9. The molecule has 1 aliphatic rings. The van der Waals surface area contributed by atoms with Crippen molar-refractivity contribution in [3.05, 3.63) is 57.6 Å². The third-order valence-electron chi connectivity index (χ3n) is 9.14. The molecule has 3 rings (SSSR count). The Labute approximate surface area is 332 Å². The van der Waals surface area contributed by atoms with Gasteiger partial charge in [0.15, 0.2) is 0 Å². The lowest BCUT2D eigenvalue weighted by molar-refractivity contribution is -0.143. The highest BCUT2D eigenvalue weighted by atomic mass is 16.6. The summed E-state index contributed by atoms with van der Waals surface area (Å²) < 4.78 is 27.1. The Hall–Kier alpha value is -4.17. The summed E-state index contributed by atoms with van der Waals surface area (Å²) in [5.74, 6) is 1.38. The molecule has 0 unspecified atom stereocenters. The fourth-order valence-corrected chi connectivity index (χ4v) is 6.28. The number of pyridine rings is 1. The zero-order chi connectivity index (χ0) is 40.4. The Bertz CT molecular complexity index is 1510. The standard InChI is InChI=1S/C41H63N7O8/c1-5-55-38(50)29-33(13-8-6-7-9-15-35-19-18-32-14-12-22-48(39(32)46-35)40(51)56-41(2,3)4)34-30-43-37(44-31-34)17-11-10-16-36(49)20-23-52-25-27-54-28-26-53-24-21-45-47-42/h18-19,30-31,33H,5-17,20-29H2,1-4H3/t33-/m0/s1. The first-order chi connectivity index (χ1) is 27.1. The number of ether oxygens (including phenoxy) is 5. The largest absolute Gasteiger partial charge is 0.466 e. The molecule has 3 heterocycles. The highest BCUT2D eigenvalue weighted by Crippen LogP contribution is 2.29. The predicted molar refractivity (Wildman–Crippen MR) is 213 cm³/mol. The highest BCUT2D eigenvalue weighted by molar-refractivity contribution is 5.88. The maximum Gasteiger partial charge on any atom is 0.416 e. The van der Waals surface area contributed by atoms with E-state index in [0.717, 1.165) is 92.7 Å². The molecule has 15 nitrogen and oxygen atoms in total. The van der Waals surface area contributed by atoms with Gasteiger partial charge in [-0.1, -0.05) is 30.4 Å². The number of amides is 1. The normalized spacial score (nSPS) is 13.1. The fourth-order valence-electron chi connectivity index (χ4n) is 6.28. The smallest absolute Gasteiger partial charge is 0.416 e. The summed E-state index contributed by atoms with van der Waals surface area (Å²) in [5, 5.41) is 3.38. The van der Waals surface area contributed by atoms with Crippen molar-refractivity contribution in [3.8, 4) is 0 Å². The zero-order valence-electron chi connectivity index (χ0n) is 34.0. The summed E-state index contributed by atoms with van der Waals surface area (Å²) in [5.41, 5.74) is 10.6. The molecule has 0 aliphatic carbocycles. The number of ketones is 1. The molecular formula is C41H63N7O8. The van der Waals surface area contributed by atoms with Crippen LogP contribution in [0.5, 0.6) is 0 Å². The number of aromatic nitrogens is 3. The van der Waals surface area contributed by atoms with Crippen molar-refractivity contribution in [2.75, 3.05) is 64.2 Å². The number of nitrogens with zero attached hydrogens (tertiary/aromatic N) is 7. The molecule has 1 amide bonds. The van der Waals surface area contributed by atoms with Gasteiger partial charge in [0.1, 0.15) is 23.0 Å². The Morgan fingerprint density at radius 2 is 1.59 bits per heavy atom. The summed E-state index contributed by atoms with van der Waals surface area (Å²) in [4.78, 5) is 56.0. The number of hydrogen-bond acceptors (Lipinski definition) is 12. The van der Waals surface area contributed by atoms with E-state index in [1.54, 1.807) is 4.90 Å². The maximum absolute atomic E-state index is 12.9. The lowest BCUT2D eigenvalue weighted by Crippen LogP contribution is -2.40. The summed E-state index contributed by atoms with van der Waals surface area (Å²) >= 11 is 0. The third kappa shape index (κ3) is 19.1. The molecule has 0 bridgehead atoms. The molecule has 15 heteroatoms. The lowest BCUT2D eigenvalue weighted by Gasteiger charge is -2.31. The molecule has 0 saturated heterocycles. The van der Waals surface area contributed by atoms with Crippen LogP contribution in [0.15, 0.2) is 29.6 Å². The van der Waals surface area contributed by atoms with Gasteiger partial charge in [0.25, 0.3) is 0 Å². The van der Waals surface area contributed by atoms with Crippen molar-refractivity contribution < 1.29 is 38.1 Å². The van der Waals surface area contributed by atoms with Crippen molar-refractivity contribution in [2.45, 2.75) is 129 Å². The first-order valence-corrected chi connectivity index (χ1v) is 20.3. The van der Waals surface area contributed by atoms with Crippen LogP contribution < -0.4 is 4.90 Å². The van der Waals surface area contributed by atoms with Gasteiger partial charge in [0.2, 0.25) is 0 Å². The number of Topliss-reactive ketones (excluding diaryl/α,β-unsaturated/α-hetero) is 1. The van der Waals surface area contributed by atoms with Gasteiger partial charge in [-0.3, -0.25) is 14.5 Å². The number of anilines is 1. The number of fused-ring (bicyclic) bond motifs is 1. The number of esters is 1. The van der Waals surface area contributed by atoms with Crippen molar-refractivity contribution in [1.82, 2.24) is 15.0 Å². The van der Waals surface area contributed by atoms with Crippen LogP contribution in [0, 0.1) is 0 Å². The van der Waals surface area contributed by atoms with Crippen molar-refractivity contribution in [2.24, 2.45) is 5.11 Å². The Morgan fingerprint density at radius 3 is 2.30 bits per heavy atom. The molecule has 2 aromatic rings. The number of carbonyl (C=O) groups excluding carboxylic acids is 3. The number of azide groups is 1. The average Bonchev–Trinajstić information content (AvgIpc) is 3.17. The minimum Gasteiger partial charge on any atom is -0.466 e. The fraction of sp³-hybridized carbons (Fsp3) is 0.707. The van der Waals surface area contributed by atoms with Gasteiger partial charge in [-0.05, 0) is 101 Å². The summed E-state index contributed by atoms with van der Waals surface area (Å²) in [6, 6.07) is 4.17. The van der Waals surface area contributed by atoms with E-state index in [0.29, 0.717) is 85.0 Å². The summed E-state index contributed by atoms with van der Waals surface area (Å²) in [7, 11) is 0. The predicted octanol–water partition coefficient (Wildman–Crippen LogP) is 7.82. The topological polar surface area (TPSA) is 188 Å². The van der Waals surface area contributed by atoms with Crippen LogP contribution in [-0.4, -0.2) is 97.7 Å². The van der Waals surface area contributed by atoms with Crippen molar-refractivity contribution in [1.29, 1.82) is 0 Å². The molecule has 0 fully saturated rings. The van der Waals surface area contributed by atoms with Gasteiger partial charge >= 0.3 is 12.1 Å². The molecule has 56 heavy (non-hydrogen) atoms. The van der Waals surface area contributed by atoms with Gasteiger partial charge in [-0.25, -0.2) is 19.7 Å². The number of rotatable bonds is 28. The molecule has 310 valence electrons. The number of hydrogen-bond donors (Lipinski definition) is 0. The van der Waals surface area contributed by atoms with Crippen LogP contribution in [0.3, 0.4) is 0 Å². The molecule has 2 aromatic heterocycles. The summed E-state index contributed by atoms with van der Waals surface area (Å²) in [6.45, 7) is 11.1. The molecule has 0 aromatic carbocycles. The first-order valence-electron chi connectivity index (χ1n) is 20.3. The van der Waals surface area contributed by atoms with Gasteiger partial charge in [0, 0.05) is 55.4 Å². The number of unbranched alkanes of at least 4 members (excludes halogenated alkanes) is 4. The first kappa shape index (κ1) is 46.2. The van der Waals surface area contributed by atoms with E-state index in [4.69, 9.17) is 34.2 Å². The minimum atomic E-state index is -0.562. The molecule has 1 aliphatic heterocycles. The Morgan fingerprint density at radius 1 is 0.893 bits per heavy atom. The van der Waals surface area contributed by atoms with Gasteiger partial charge < -0.3 is 23.7 Å². The zero-order valence-corrected chi connectivity index (χ0v) is 34.0. The monoisotopic (exact) mass is 781 g/mol. The van der Waals surface area contributed by atoms with Crippen LogP contribution >= 0.6 is 0 Å². The van der Waals surface area contributed by atoms with Crippen LogP contribution in [0.1, 0.15) is 127 Å². The van der Waals surface area contributed by atoms with E-state index in [-0.39, 0.29) is 23.8 Å². The number of aryl methyl sites for hydroxylation is 3.